The van der Waals surface area contributed by atoms with Crippen LogP contribution in [0.5, 0.6) is 0 Å². The van der Waals surface area contributed by atoms with Crippen LogP contribution in [0.25, 0.3) is 0 Å². The molecule has 1 amide bonds. The summed E-state index contributed by atoms with van der Waals surface area (Å²) in [5.74, 6) is -0.627. The molecule has 1 atom stereocenters. The summed E-state index contributed by atoms with van der Waals surface area (Å²) >= 11 is 9.54. The van der Waals surface area contributed by atoms with Crippen molar-refractivity contribution in [1.29, 1.82) is 0 Å². The number of ketones is 1. The summed E-state index contributed by atoms with van der Waals surface area (Å²) in [5.41, 5.74) is 1.49. The lowest BCUT2D eigenvalue weighted by atomic mass is 10.1. The van der Waals surface area contributed by atoms with Crippen molar-refractivity contribution in [3.05, 3.63) is 99.5 Å². The minimum Gasteiger partial charge on any atom is -0.358 e. The van der Waals surface area contributed by atoms with Gasteiger partial charge in [-0.15, -0.1) is 0 Å². The van der Waals surface area contributed by atoms with E-state index in [-0.39, 0.29) is 11.7 Å². The first-order valence-electron chi connectivity index (χ1n) is 8.21. The van der Waals surface area contributed by atoms with Gasteiger partial charge in [0.25, 0.3) is 5.91 Å². The summed E-state index contributed by atoms with van der Waals surface area (Å²) in [6.07, 6.45) is -0.969. The molecule has 3 aromatic rings. The molecule has 0 aliphatic heterocycles. The van der Waals surface area contributed by atoms with Crippen molar-refractivity contribution >= 4 is 44.9 Å². The highest BCUT2D eigenvalue weighted by atomic mass is 79.9. The zero-order valence-electron chi connectivity index (χ0n) is 14.2. The zero-order chi connectivity index (χ0) is 19.2. The van der Waals surface area contributed by atoms with Gasteiger partial charge in [0, 0.05) is 15.6 Å². The highest BCUT2D eigenvalue weighted by Gasteiger charge is 2.23. The lowest BCUT2D eigenvalue weighted by Crippen LogP contribution is -2.46. The van der Waals surface area contributed by atoms with E-state index in [4.69, 9.17) is 11.6 Å². The van der Waals surface area contributed by atoms with E-state index in [2.05, 4.69) is 26.6 Å². The Morgan fingerprint density at radius 1 is 0.815 bits per heavy atom. The number of carbonyl (C=O) groups excluding carboxylic acids is 2. The summed E-state index contributed by atoms with van der Waals surface area (Å²) < 4.78 is 0.866. The topological polar surface area (TPSA) is 58.2 Å². The van der Waals surface area contributed by atoms with Gasteiger partial charge in [0.2, 0.25) is 5.78 Å². The minimum atomic E-state index is -0.969. The van der Waals surface area contributed by atoms with Gasteiger partial charge in [0.15, 0.2) is 6.17 Å². The summed E-state index contributed by atoms with van der Waals surface area (Å²) in [6.45, 7) is 0. The zero-order valence-corrected chi connectivity index (χ0v) is 16.5. The Hall–Kier alpha value is -2.63. The molecule has 0 spiro atoms. The molecule has 0 saturated carbocycles. The monoisotopic (exact) mass is 442 g/mol. The van der Waals surface area contributed by atoms with Crippen LogP contribution in [-0.2, 0) is 0 Å². The average molecular weight is 444 g/mol. The van der Waals surface area contributed by atoms with E-state index >= 15 is 0 Å². The number of halogens is 2. The molecule has 4 nitrogen and oxygen atoms in total. The summed E-state index contributed by atoms with van der Waals surface area (Å²) in [6, 6.07) is 22.7. The van der Waals surface area contributed by atoms with E-state index in [1.165, 1.54) is 0 Å². The van der Waals surface area contributed by atoms with Crippen molar-refractivity contribution < 1.29 is 9.59 Å². The van der Waals surface area contributed by atoms with Crippen molar-refractivity contribution in [3.63, 3.8) is 0 Å². The smallest absolute Gasteiger partial charge is 0.253 e. The van der Waals surface area contributed by atoms with Crippen molar-refractivity contribution in [2.45, 2.75) is 6.17 Å². The lowest BCUT2D eigenvalue weighted by molar-refractivity contribution is 0.0869. The van der Waals surface area contributed by atoms with Crippen LogP contribution in [0.2, 0.25) is 5.02 Å². The number of hydrogen-bond donors (Lipinski definition) is 2. The molecule has 136 valence electrons. The summed E-state index contributed by atoms with van der Waals surface area (Å²) in [5, 5.41) is 6.25. The highest BCUT2D eigenvalue weighted by Crippen LogP contribution is 2.22. The van der Waals surface area contributed by atoms with E-state index in [0.29, 0.717) is 21.8 Å². The quantitative estimate of drug-likeness (QED) is 0.409. The first kappa shape index (κ1) is 19.1. The van der Waals surface area contributed by atoms with Crippen LogP contribution in [0.3, 0.4) is 0 Å². The fourth-order valence-electron chi connectivity index (χ4n) is 2.49. The number of hydrogen-bond acceptors (Lipinski definition) is 3. The second kappa shape index (κ2) is 8.84. The Morgan fingerprint density at radius 3 is 2.11 bits per heavy atom. The van der Waals surface area contributed by atoms with E-state index in [1.54, 1.807) is 72.8 Å². The molecule has 0 bridgehead atoms. The first-order valence-corrected chi connectivity index (χ1v) is 9.38. The summed E-state index contributed by atoms with van der Waals surface area (Å²) in [7, 11) is 0. The number of benzene rings is 3. The van der Waals surface area contributed by atoms with Crippen LogP contribution in [0.4, 0.5) is 5.69 Å². The fraction of sp³-hybridized carbons (Fsp3) is 0.0476. The van der Waals surface area contributed by atoms with Gasteiger partial charge in [0.05, 0.1) is 10.7 Å². The maximum Gasteiger partial charge on any atom is 0.253 e. The molecule has 0 unspecified atom stereocenters. The maximum atomic E-state index is 13.0. The first-order chi connectivity index (χ1) is 13.0. The molecular weight excluding hydrogens is 428 g/mol. The standard InChI is InChI=1S/C21H16BrClN2O2/c22-16-12-10-15(11-13-16)21(27)25-20(19(26)14-6-2-1-3-7-14)24-18-9-5-4-8-17(18)23/h1-13,20,24H,(H,25,27)/t20-/m1/s1. The molecule has 3 rings (SSSR count). The number of anilines is 1. The molecule has 0 aliphatic rings. The number of rotatable bonds is 6. The lowest BCUT2D eigenvalue weighted by Gasteiger charge is -2.21. The normalized spacial score (nSPS) is 11.5. The molecule has 2 N–H and O–H groups in total. The van der Waals surface area contributed by atoms with Crippen LogP contribution >= 0.6 is 27.5 Å². The molecule has 6 heteroatoms. The molecule has 0 saturated heterocycles. The number of amides is 1. The Kier molecular flexibility index (Phi) is 6.27. The molecule has 0 aliphatic carbocycles. The van der Waals surface area contributed by atoms with E-state index in [9.17, 15) is 9.59 Å². The van der Waals surface area contributed by atoms with Crippen LogP contribution in [0.15, 0.2) is 83.3 Å². The Bertz CT molecular complexity index is 946. The van der Waals surface area contributed by atoms with Crippen LogP contribution < -0.4 is 10.6 Å². The maximum absolute atomic E-state index is 13.0. The average Bonchev–Trinajstić information content (AvgIpc) is 2.69. The molecule has 0 heterocycles. The number of Topliss-reactive ketones (excluding diaryl/α,β-unsaturated/α-hetero) is 1. The van der Waals surface area contributed by atoms with Gasteiger partial charge in [-0.2, -0.15) is 0 Å². The van der Waals surface area contributed by atoms with E-state index in [0.717, 1.165) is 4.47 Å². The molecule has 0 radical (unpaired) electrons. The third kappa shape index (κ3) is 4.96. The number of carbonyl (C=O) groups is 2. The largest absolute Gasteiger partial charge is 0.358 e. The van der Waals surface area contributed by atoms with Gasteiger partial charge >= 0.3 is 0 Å². The minimum absolute atomic E-state index is 0.263. The van der Waals surface area contributed by atoms with E-state index < -0.39 is 6.17 Å². The van der Waals surface area contributed by atoms with Crippen molar-refractivity contribution in [1.82, 2.24) is 5.32 Å². The van der Waals surface area contributed by atoms with Gasteiger partial charge in [-0.1, -0.05) is 70.0 Å². The third-order valence-corrected chi connectivity index (χ3v) is 4.73. The Morgan fingerprint density at radius 2 is 1.44 bits per heavy atom. The third-order valence-electron chi connectivity index (χ3n) is 3.88. The predicted molar refractivity (Wildman–Crippen MR) is 111 cm³/mol. The van der Waals surface area contributed by atoms with Gasteiger partial charge in [-0.3, -0.25) is 9.59 Å². The number of para-hydroxylation sites is 1. The Labute approximate surface area is 170 Å². The second-order valence-electron chi connectivity index (χ2n) is 5.77. The van der Waals surface area contributed by atoms with Gasteiger partial charge in [-0.25, -0.2) is 0 Å². The molecule has 0 aromatic heterocycles. The predicted octanol–water partition coefficient (Wildman–Crippen LogP) is 5.15. The van der Waals surface area contributed by atoms with Crippen LogP contribution in [0.1, 0.15) is 20.7 Å². The van der Waals surface area contributed by atoms with Gasteiger partial charge in [-0.05, 0) is 36.4 Å². The summed E-state index contributed by atoms with van der Waals surface area (Å²) in [4.78, 5) is 25.6. The molecular formula is C21H16BrClN2O2. The highest BCUT2D eigenvalue weighted by molar-refractivity contribution is 9.10. The number of nitrogens with one attached hydrogen (secondary N) is 2. The van der Waals surface area contributed by atoms with E-state index in [1.807, 2.05) is 6.07 Å². The Balaban J connectivity index is 1.87. The van der Waals surface area contributed by atoms with Crippen molar-refractivity contribution in [3.8, 4) is 0 Å². The SMILES string of the molecule is O=C(N[C@@H](Nc1ccccc1Cl)C(=O)c1ccccc1)c1ccc(Br)cc1. The van der Waals surface area contributed by atoms with Crippen LogP contribution in [0, 0.1) is 0 Å². The van der Waals surface area contributed by atoms with Crippen LogP contribution in [-0.4, -0.2) is 17.9 Å². The van der Waals surface area contributed by atoms with Gasteiger partial charge < -0.3 is 10.6 Å². The van der Waals surface area contributed by atoms with Crippen molar-refractivity contribution in [2.75, 3.05) is 5.32 Å². The second-order valence-corrected chi connectivity index (χ2v) is 7.09. The van der Waals surface area contributed by atoms with Crippen molar-refractivity contribution in [2.24, 2.45) is 0 Å². The molecule has 0 fully saturated rings. The fourth-order valence-corrected chi connectivity index (χ4v) is 2.94. The molecule has 27 heavy (non-hydrogen) atoms. The van der Waals surface area contributed by atoms with Gasteiger partial charge in [0.1, 0.15) is 0 Å². The molecule has 3 aromatic carbocycles.